The number of ether oxygens (including phenoxy) is 2. The smallest absolute Gasteiger partial charge is 0.277 e. The molecule has 1 aliphatic heterocycles. The summed E-state index contributed by atoms with van der Waals surface area (Å²) >= 11 is 0. The van der Waals surface area contributed by atoms with Crippen molar-refractivity contribution in [3.63, 3.8) is 0 Å². The minimum Gasteiger partial charge on any atom is -0.493 e. The van der Waals surface area contributed by atoms with E-state index in [4.69, 9.17) is 14.5 Å². The van der Waals surface area contributed by atoms with E-state index < -0.39 is 10.0 Å². The van der Waals surface area contributed by atoms with Crippen LogP contribution in [0.15, 0.2) is 27.9 Å². The first-order valence-corrected chi connectivity index (χ1v) is 14.3. The van der Waals surface area contributed by atoms with Crippen molar-refractivity contribution in [3.8, 4) is 17.1 Å². The van der Waals surface area contributed by atoms with Crippen molar-refractivity contribution in [2.24, 2.45) is 7.05 Å². The van der Waals surface area contributed by atoms with Crippen LogP contribution >= 0.6 is 0 Å². The number of rotatable bonds is 11. The lowest BCUT2D eigenvalue weighted by Crippen LogP contribution is -2.43. The second kappa shape index (κ2) is 11.7. The fourth-order valence-corrected chi connectivity index (χ4v) is 5.95. The molecule has 1 aliphatic rings. The number of likely N-dealkylation sites (N-methyl/N-ethyl adjacent to an activating group) is 1. The van der Waals surface area contributed by atoms with Crippen molar-refractivity contribution >= 4 is 21.1 Å². The number of H-pyrrole nitrogens is 1. The summed E-state index contributed by atoms with van der Waals surface area (Å²) < 4.78 is 41.6. The van der Waals surface area contributed by atoms with E-state index in [-0.39, 0.29) is 16.3 Å². The van der Waals surface area contributed by atoms with Gasteiger partial charge in [-0.2, -0.15) is 9.40 Å². The molecule has 3 heterocycles. The fourth-order valence-electron chi connectivity index (χ4n) is 4.48. The lowest BCUT2D eigenvalue weighted by atomic mass is 10.1. The third-order valence-electron chi connectivity index (χ3n) is 6.53. The molecule has 0 aliphatic carbocycles. The summed E-state index contributed by atoms with van der Waals surface area (Å²) in [7, 11) is -2.09. The summed E-state index contributed by atoms with van der Waals surface area (Å²) in [4.78, 5) is 22.8. The molecule has 0 atom stereocenters. The number of nitrogens with zero attached hydrogens (tertiary/aromatic N) is 5. The quantitative estimate of drug-likeness (QED) is 0.398. The zero-order chi connectivity index (χ0) is 26.6. The van der Waals surface area contributed by atoms with Crippen LogP contribution in [-0.4, -0.2) is 89.9 Å². The van der Waals surface area contributed by atoms with Gasteiger partial charge in [-0.25, -0.2) is 13.4 Å². The first-order valence-electron chi connectivity index (χ1n) is 12.8. The Bertz CT molecular complexity index is 1390. The maximum Gasteiger partial charge on any atom is 0.277 e. The van der Waals surface area contributed by atoms with Crippen molar-refractivity contribution in [2.45, 2.75) is 38.5 Å². The predicted molar refractivity (Wildman–Crippen MR) is 141 cm³/mol. The summed E-state index contributed by atoms with van der Waals surface area (Å²) in [6.45, 7) is 10.5. The Hall–Kier alpha value is -2.80. The molecule has 4 rings (SSSR count). The third-order valence-corrected chi connectivity index (χ3v) is 8.50. The molecule has 2 aromatic heterocycles. The molecular formula is C25H36N6O5S. The molecule has 1 N–H and O–H groups in total. The van der Waals surface area contributed by atoms with Gasteiger partial charge in [-0.3, -0.25) is 14.4 Å². The van der Waals surface area contributed by atoms with Gasteiger partial charge >= 0.3 is 0 Å². The van der Waals surface area contributed by atoms with Crippen LogP contribution < -0.4 is 10.3 Å². The minimum absolute atomic E-state index is 0.125. The number of nitrogens with one attached hydrogen (secondary N) is 1. The number of hydrogen-bond donors (Lipinski definition) is 1. The SMILES string of the molecule is CCCOc1ccc(S(=O)(=O)N(CC)CCN2CCOCC2)cc1-c1nc2c(CC)nn(C)c2c(=O)[nH]1. The lowest BCUT2D eigenvalue weighted by Gasteiger charge is -2.29. The molecule has 1 aromatic carbocycles. The van der Waals surface area contributed by atoms with Gasteiger partial charge < -0.3 is 14.5 Å². The van der Waals surface area contributed by atoms with E-state index in [0.29, 0.717) is 73.9 Å². The highest BCUT2D eigenvalue weighted by Gasteiger charge is 2.26. The number of sulfonamides is 1. The Kier molecular flexibility index (Phi) is 8.63. The summed E-state index contributed by atoms with van der Waals surface area (Å²) in [5.41, 5.74) is 1.65. The van der Waals surface area contributed by atoms with Crippen LogP contribution in [0.3, 0.4) is 0 Å². The van der Waals surface area contributed by atoms with Crippen LogP contribution in [0, 0.1) is 0 Å². The number of aryl methyl sites for hydroxylation is 2. The maximum atomic E-state index is 13.7. The molecule has 0 spiro atoms. The van der Waals surface area contributed by atoms with Crippen molar-refractivity contribution < 1.29 is 17.9 Å². The van der Waals surface area contributed by atoms with Crippen molar-refractivity contribution in [1.82, 2.24) is 29.0 Å². The van der Waals surface area contributed by atoms with Crippen LogP contribution in [0.2, 0.25) is 0 Å². The van der Waals surface area contributed by atoms with Gasteiger partial charge in [0.05, 0.1) is 36.0 Å². The van der Waals surface area contributed by atoms with Crippen LogP contribution in [0.5, 0.6) is 5.75 Å². The van der Waals surface area contributed by atoms with Crippen LogP contribution in [0.1, 0.15) is 32.9 Å². The maximum absolute atomic E-state index is 13.7. The molecular weight excluding hydrogens is 496 g/mol. The number of hydrogen-bond acceptors (Lipinski definition) is 8. The molecule has 37 heavy (non-hydrogen) atoms. The second-order valence-corrected chi connectivity index (χ2v) is 10.9. The van der Waals surface area contributed by atoms with E-state index >= 15 is 0 Å². The summed E-state index contributed by atoms with van der Waals surface area (Å²) in [6.07, 6.45) is 1.38. The topological polar surface area (TPSA) is 123 Å². The molecule has 0 unspecified atom stereocenters. The highest BCUT2D eigenvalue weighted by molar-refractivity contribution is 7.89. The Balaban J connectivity index is 1.74. The van der Waals surface area contributed by atoms with Gasteiger partial charge in [-0.15, -0.1) is 0 Å². The highest BCUT2D eigenvalue weighted by atomic mass is 32.2. The number of aromatic nitrogens is 4. The van der Waals surface area contributed by atoms with Gasteiger partial charge in [0, 0.05) is 39.8 Å². The average Bonchev–Trinajstić information content (AvgIpc) is 3.24. The van der Waals surface area contributed by atoms with Crippen LogP contribution in [0.25, 0.3) is 22.4 Å². The average molecular weight is 533 g/mol. The van der Waals surface area contributed by atoms with Gasteiger partial charge in [0.15, 0.2) is 5.52 Å². The van der Waals surface area contributed by atoms with Gasteiger partial charge in [-0.05, 0) is 31.0 Å². The Labute approximate surface area is 217 Å². The number of benzene rings is 1. The standard InChI is InChI=1S/C25H36N6O5S/c1-5-14-36-21-9-8-18(37(33,34)31(7-3)11-10-30-12-15-35-16-13-30)17-19(21)24-26-22-20(6-2)28-29(4)23(22)25(32)27-24/h8-9,17H,5-7,10-16H2,1-4H3,(H,26,27,32). The van der Waals surface area contributed by atoms with Crippen molar-refractivity contribution in [2.75, 3.05) is 52.5 Å². The molecule has 11 nitrogen and oxygen atoms in total. The van der Waals surface area contributed by atoms with Gasteiger partial charge in [0.2, 0.25) is 10.0 Å². The van der Waals surface area contributed by atoms with Gasteiger partial charge in [0.1, 0.15) is 17.1 Å². The van der Waals surface area contributed by atoms with Gasteiger partial charge in [0.25, 0.3) is 5.56 Å². The lowest BCUT2D eigenvalue weighted by molar-refractivity contribution is 0.0364. The molecule has 1 saturated heterocycles. The highest BCUT2D eigenvalue weighted by Crippen LogP contribution is 2.32. The van der Waals surface area contributed by atoms with E-state index in [9.17, 15) is 13.2 Å². The first kappa shape index (κ1) is 27.2. The molecule has 0 radical (unpaired) electrons. The normalized spacial score (nSPS) is 15.1. The Morgan fingerprint density at radius 3 is 2.62 bits per heavy atom. The van der Waals surface area contributed by atoms with Crippen LogP contribution in [0.4, 0.5) is 0 Å². The molecule has 0 amide bonds. The Morgan fingerprint density at radius 2 is 1.95 bits per heavy atom. The zero-order valence-corrected chi connectivity index (χ0v) is 22.8. The monoisotopic (exact) mass is 532 g/mol. The molecule has 0 bridgehead atoms. The van der Waals surface area contributed by atoms with E-state index in [1.807, 2.05) is 20.8 Å². The summed E-state index contributed by atoms with van der Waals surface area (Å²) in [6, 6.07) is 4.74. The van der Waals surface area contributed by atoms with E-state index in [1.54, 1.807) is 25.2 Å². The van der Waals surface area contributed by atoms with E-state index in [2.05, 4.69) is 15.0 Å². The predicted octanol–water partition coefficient (Wildman–Crippen LogP) is 2.02. The van der Waals surface area contributed by atoms with E-state index in [1.165, 1.54) is 8.99 Å². The minimum atomic E-state index is -3.80. The number of aromatic amines is 1. The number of fused-ring (bicyclic) bond motifs is 1. The number of morpholine rings is 1. The Morgan fingerprint density at radius 1 is 1.19 bits per heavy atom. The van der Waals surface area contributed by atoms with Crippen LogP contribution in [-0.2, 0) is 28.2 Å². The van der Waals surface area contributed by atoms with Gasteiger partial charge in [-0.1, -0.05) is 20.8 Å². The largest absolute Gasteiger partial charge is 0.493 e. The van der Waals surface area contributed by atoms with Crippen molar-refractivity contribution in [1.29, 1.82) is 0 Å². The summed E-state index contributed by atoms with van der Waals surface area (Å²) in [5.74, 6) is 0.710. The van der Waals surface area contributed by atoms with E-state index in [0.717, 1.165) is 19.5 Å². The molecule has 0 saturated carbocycles. The first-order chi connectivity index (χ1) is 17.8. The third kappa shape index (κ3) is 5.71. The fraction of sp³-hybridized carbons (Fsp3) is 0.560. The zero-order valence-electron chi connectivity index (χ0n) is 22.0. The summed E-state index contributed by atoms with van der Waals surface area (Å²) in [5, 5.41) is 4.41. The molecule has 12 heteroatoms. The molecule has 202 valence electrons. The molecule has 3 aromatic rings. The second-order valence-electron chi connectivity index (χ2n) is 8.99. The molecule has 1 fully saturated rings. The van der Waals surface area contributed by atoms with Crippen molar-refractivity contribution in [3.05, 3.63) is 34.2 Å².